The molecule has 1 saturated heterocycles. The van der Waals surface area contributed by atoms with Crippen LogP contribution in [-0.4, -0.2) is 72.6 Å². The van der Waals surface area contributed by atoms with Gasteiger partial charge in [-0.1, -0.05) is 56.3 Å². The molecule has 1 aromatic rings. The number of nitrogens with one attached hydrogen (secondary N) is 1. The first-order chi connectivity index (χ1) is 12.6. The van der Waals surface area contributed by atoms with E-state index < -0.39 is 0 Å². The Morgan fingerprint density at radius 1 is 1.12 bits per heavy atom. The molecule has 0 saturated carbocycles. The van der Waals surface area contributed by atoms with E-state index in [0.29, 0.717) is 5.92 Å². The lowest BCUT2D eigenvalue weighted by atomic mass is 10.1. The van der Waals surface area contributed by atoms with Crippen LogP contribution < -0.4 is 5.32 Å². The molecule has 2 amide bonds. The Labute approximate surface area is 157 Å². The van der Waals surface area contributed by atoms with Gasteiger partial charge in [0.25, 0.3) is 0 Å². The first kappa shape index (κ1) is 18.9. The average Bonchev–Trinajstić information content (AvgIpc) is 3.14. The van der Waals surface area contributed by atoms with E-state index in [0.717, 1.165) is 52.4 Å². The molecular formula is C21H32N4O. The van der Waals surface area contributed by atoms with E-state index in [1.165, 1.54) is 5.56 Å². The van der Waals surface area contributed by atoms with Crippen molar-refractivity contribution in [3.05, 3.63) is 48.0 Å². The number of urea groups is 1. The Bertz CT molecular complexity index is 593. The molecule has 1 N–H and O–H groups in total. The fraction of sp³-hybridized carbons (Fsp3) is 0.571. The molecule has 26 heavy (non-hydrogen) atoms. The van der Waals surface area contributed by atoms with Crippen molar-refractivity contribution in [2.24, 2.45) is 5.92 Å². The summed E-state index contributed by atoms with van der Waals surface area (Å²) in [6, 6.07) is 11.0. The highest BCUT2D eigenvalue weighted by Crippen LogP contribution is 2.17. The van der Waals surface area contributed by atoms with Gasteiger partial charge in [-0.15, -0.1) is 0 Å². The van der Waals surface area contributed by atoms with Gasteiger partial charge in [0.15, 0.2) is 0 Å². The van der Waals surface area contributed by atoms with E-state index in [9.17, 15) is 4.79 Å². The molecule has 0 spiro atoms. The summed E-state index contributed by atoms with van der Waals surface area (Å²) in [5, 5.41) is 3.10. The summed E-state index contributed by atoms with van der Waals surface area (Å²) in [5.41, 5.74) is 1.38. The van der Waals surface area contributed by atoms with Crippen molar-refractivity contribution in [1.29, 1.82) is 0 Å². The van der Waals surface area contributed by atoms with Crippen molar-refractivity contribution in [1.82, 2.24) is 20.0 Å². The number of hydrogen-bond donors (Lipinski definition) is 1. The van der Waals surface area contributed by atoms with Crippen LogP contribution >= 0.6 is 0 Å². The summed E-state index contributed by atoms with van der Waals surface area (Å²) < 4.78 is 0. The highest BCUT2D eigenvalue weighted by molar-refractivity contribution is 5.75. The summed E-state index contributed by atoms with van der Waals surface area (Å²) in [4.78, 5) is 19.3. The van der Waals surface area contributed by atoms with Crippen molar-refractivity contribution in [3.8, 4) is 0 Å². The third-order valence-electron chi connectivity index (χ3n) is 5.36. The van der Waals surface area contributed by atoms with Crippen LogP contribution in [-0.2, 0) is 6.54 Å². The Kier molecular flexibility index (Phi) is 6.69. The molecule has 3 rings (SSSR count). The molecule has 1 atom stereocenters. The van der Waals surface area contributed by atoms with Crippen LogP contribution in [0.4, 0.5) is 4.79 Å². The first-order valence-electron chi connectivity index (χ1n) is 9.83. The SMILES string of the molecule is CC(C)C1C=CCN1C(=O)NCCN1CCN(Cc2ccccc2)CC1. The average molecular weight is 357 g/mol. The second kappa shape index (κ2) is 9.19. The van der Waals surface area contributed by atoms with Gasteiger partial charge >= 0.3 is 6.03 Å². The van der Waals surface area contributed by atoms with Crippen LogP contribution in [0.5, 0.6) is 0 Å². The molecule has 1 aromatic carbocycles. The number of amides is 2. The molecule has 1 fully saturated rings. The molecule has 0 aromatic heterocycles. The Balaban J connectivity index is 1.33. The van der Waals surface area contributed by atoms with Crippen molar-refractivity contribution in [2.75, 3.05) is 45.8 Å². The molecule has 142 valence electrons. The molecular weight excluding hydrogens is 324 g/mol. The lowest BCUT2D eigenvalue weighted by Gasteiger charge is -2.35. The molecule has 5 heteroatoms. The van der Waals surface area contributed by atoms with Crippen molar-refractivity contribution in [3.63, 3.8) is 0 Å². The van der Waals surface area contributed by atoms with Crippen LogP contribution in [0.3, 0.4) is 0 Å². The predicted octanol–water partition coefficient (Wildman–Crippen LogP) is 2.41. The van der Waals surface area contributed by atoms with E-state index in [2.05, 4.69) is 71.4 Å². The normalized spacial score (nSPS) is 21.5. The highest BCUT2D eigenvalue weighted by atomic mass is 16.2. The van der Waals surface area contributed by atoms with E-state index in [1.54, 1.807) is 0 Å². The lowest BCUT2D eigenvalue weighted by molar-refractivity contribution is 0.127. The summed E-state index contributed by atoms with van der Waals surface area (Å²) in [5.74, 6) is 0.456. The zero-order valence-corrected chi connectivity index (χ0v) is 16.1. The molecule has 0 aliphatic carbocycles. The fourth-order valence-corrected chi connectivity index (χ4v) is 3.77. The van der Waals surface area contributed by atoms with Crippen LogP contribution in [0.1, 0.15) is 19.4 Å². The van der Waals surface area contributed by atoms with Gasteiger partial charge in [-0.2, -0.15) is 0 Å². The van der Waals surface area contributed by atoms with E-state index >= 15 is 0 Å². The molecule has 5 nitrogen and oxygen atoms in total. The van der Waals surface area contributed by atoms with Crippen LogP contribution in [0.15, 0.2) is 42.5 Å². The summed E-state index contributed by atoms with van der Waals surface area (Å²) >= 11 is 0. The molecule has 0 radical (unpaired) electrons. The topological polar surface area (TPSA) is 38.8 Å². The molecule has 2 aliphatic heterocycles. The second-order valence-corrected chi connectivity index (χ2v) is 7.65. The summed E-state index contributed by atoms with van der Waals surface area (Å²) in [6.45, 7) is 12.1. The van der Waals surface area contributed by atoms with Crippen molar-refractivity contribution >= 4 is 6.03 Å². The number of carbonyl (C=O) groups excluding carboxylic acids is 1. The number of piperazine rings is 1. The maximum Gasteiger partial charge on any atom is 0.318 e. The number of rotatable bonds is 6. The van der Waals surface area contributed by atoms with Crippen LogP contribution in [0.2, 0.25) is 0 Å². The maximum absolute atomic E-state index is 12.4. The third-order valence-corrected chi connectivity index (χ3v) is 5.36. The Hall–Kier alpha value is -1.85. The quantitative estimate of drug-likeness (QED) is 0.796. The standard InChI is InChI=1S/C21H32N4O/c1-18(2)20-9-6-11-25(20)21(26)22-10-12-23-13-15-24(16-14-23)17-19-7-4-3-5-8-19/h3-9,18,20H,10-17H2,1-2H3,(H,22,26). The first-order valence-corrected chi connectivity index (χ1v) is 9.83. The second-order valence-electron chi connectivity index (χ2n) is 7.65. The Morgan fingerprint density at radius 3 is 2.50 bits per heavy atom. The number of benzene rings is 1. The van der Waals surface area contributed by atoms with Crippen molar-refractivity contribution < 1.29 is 4.79 Å². The lowest BCUT2D eigenvalue weighted by Crippen LogP contribution is -2.50. The minimum absolute atomic E-state index is 0.0661. The predicted molar refractivity (Wildman–Crippen MR) is 106 cm³/mol. The van der Waals surface area contributed by atoms with Gasteiger partial charge in [-0.05, 0) is 11.5 Å². The maximum atomic E-state index is 12.4. The van der Waals surface area contributed by atoms with Crippen LogP contribution in [0.25, 0.3) is 0 Å². The summed E-state index contributed by atoms with van der Waals surface area (Å²) in [7, 11) is 0. The molecule has 0 bridgehead atoms. The van der Waals surface area contributed by atoms with E-state index in [4.69, 9.17) is 0 Å². The van der Waals surface area contributed by atoms with Gasteiger partial charge in [0, 0.05) is 52.4 Å². The monoisotopic (exact) mass is 356 g/mol. The zero-order valence-electron chi connectivity index (χ0n) is 16.1. The van der Waals surface area contributed by atoms with Gasteiger partial charge in [0.05, 0.1) is 6.04 Å². The minimum Gasteiger partial charge on any atom is -0.337 e. The number of carbonyl (C=O) groups is 1. The van der Waals surface area contributed by atoms with Gasteiger partial charge in [0.2, 0.25) is 0 Å². The molecule has 2 aliphatic rings. The smallest absolute Gasteiger partial charge is 0.318 e. The van der Waals surface area contributed by atoms with Gasteiger partial charge in [0.1, 0.15) is 0 Å². The largest absolute Gasteiger partial charge is 0.337 e. The van der Waals surface area contributed by atoms with E-state index in [1.807, 2.05) is 4.90 Å². The highest BCUT2D eigenvalue weighted by Gasteiger charge is 2.26. The fourth-order valence-electron chi connectivity index (χ4n) is 3.77. The molecule has 1 unspecified atom stereocenters. The number of nitrogens with zero attached hydrogens (tertiary/aromatic N) is 3. The van der Waals surface area contributed by atoms with E-state index in [-0.39, 0.29) is 12.1 Å². The molecule has 2 heterocycles. The number of hydrogen-bond acceptors (Lipinski definition) is 3. The summed E-state index contributed by atoms with van der Waals surface area (Å²) in [6.07, 6.45) is 4.24. The van der Waals surface area contributed by atoms with Gasteiger partial charge < -0.3 is 10.2 Å². The van der Waals surface area contributed by atoms with Gasteiger partial charge in [-0.3, -0.25) is 9.80 Å². The van der Waals surface area contributed by atoms with Crippen molar-refractivity contribution in [2.45, 2.75) is 26.4 Å². The third kappa shape index (κ3) is 5.08. The zero-order chi connectivity index (χ0) is 18.4. The minimum atomic E-state index is 0.0661. The van der Waals surface area contributed by atoms with Crippen LogP contribution in [0, 0.1) is 5.92 Å². The van der Waals surface area contributed by atoms with Gasteiger partial charge in [-0.25, -0.2) is 4.79 Å². The Morgan fingerprint density at radius 2 is 1.81 bits per heavy atom.